The molecule has 4 aromatic heterocycles. The number of pyridine rings is 2. The molecule has 4 aromatic carbocycles. The number of rotatable bonds is 10. The number of anilines is 2. The highest BCUT2D eigenvalue weighted by Gasteiger charge is 2.37. The number of aromatic nitrogens is 4. The first-order valence-electron chi connectivity index (χ1n) is 23.3. The van der Waals surface area contributed by atoms with E-state index in [0.29, 0.717) is 43.1 Å². The zero-order valence-electron chi connectivity index (χ0n) is 38.4. The minimum Gasteiger partial charge on any atom is -0.497 e. The summed E-state index contributed by atoms with van der Waals surface area (Å²) in [6, 6.07) is 42.8. The van der Waals surface area contributed by atoms with Gasteiger partial charge < -0.3 is 38.7 Å². The molecule has 0 aliphatic carbocycles. The standard InChI is InChI=1S/C55H53N9O4/c1-4-36-19-23-42(24-20-36)57-55(66)64-35-41(53-59-50(47-17-5-8-29-63(47)53)38-13-10-16-44(31-38)67-2)22-26-46(64)45-25-21-39(32-49(45)68-3)51-48-18-6-7-28-62(48)52(60-51)40-14-11-27-61(34-40)54(65)58-43-15-9-12-37(30-43)33-56/h5-10,12-13,15-21,23-25,28-32,40-41,46H,4,11,14,22,26-27,34-35H2,1-3H3,(H,57,66)(H,58,65)/t40-,41-,46?/m1/s1. The number of methoxy groups -OCH3 is 2. The summed E-state index contributed by atoms with van der Waals surface area (Å²) in [5.74, 6) is 3.14. The number of imidazole rings is 2. The summed E-state index contributed by atoms with van der Waals surface area (Å²) >= 11 is 0. The number of amides is 4. The summed E-state index contributed by atoms with van der Waals surface area (Å²) in [7, 11) is 3.35. The maximum Gasteiger partial charge on any atom is 0.322 e. The zero-order chi connectivity index (χ0) is 46.7. The van der Waals surface area contributed by atoms with E-state index in [1.807, 2.05) is 76.7 Å². The lowest BCUT2D eigenvalue weighted by Gasteiger charge is -2.40. The molecule has 2 aliphatic heterocycles. The molecule has 13 nitrogen and oxygen atoms in total. The molecule has 13 heteroatoms. The van der Waals surface area contributed by atoms with Gasteiger partial charge in [-0.1, -0.05) is 61.5 Å². The van der Waals surface area contributed by atoms with Crippen molar-refractivity contribution in [3.05, 3.63) is 168 Å². The van der Waals surface area contributed by atoms with Crippen LogP contribution in [0, 0.1) is 11.3 Å². The van der Waals surface area contributed by atoms with Crippen molar-refractivity contribution in [3.8, 4) is 40.1 Å². The van der Waals surface area contributed by atoms with Crippen LogP contribution in [0.3, 0.4) is 0 Å². The highest BCUT2D eigenvalue weighted by Crippen LogP contribution is 2.44. The molecule has 0 bridgehead atoms. The van der Waals surface area contributed by atoms with E-state index in [-0.39, 0.29) is 29.9 Å². The Labute approximate surface area is 395 Å². The third kappa shape index (κ3) is 8.57. The largest absolute Gasteiger partial charge is 0.497 e. The van der Waals surface area contributed by atoms with E-state index in [4.69, 9.17) is 19.4 Å². The smallest absolute Gasteiger partial charge is 0.322 e. The number of carbonyl (C=O) groups excluding carboxylic acids is 2. The predicted molar refractivity (Wildman–Crippen MR) is 264 cm³/mol. The number of nitriles is 1. The Morgan fingerprint density at radius 2 is 1.38 bits per heavy atom. The van der Waals surface area contributed by atoms with Gasteiger partial charge in [0, 0.05) is 71.9 Å². The third-order valence-corrected chi connectivity index (χ3v) is 13.5. The number of nitrogens with one attached hydrogen (secondary N) is 2. The zero-order valence-corrected chi connectivity index (χ0v) is 38.4. The Balaban J connectivity index is 0.962. The molecule has 2 saturated heterocycles. The van der Waals surface area contributed by atoms with Crippen molar-refractivity contribution in [2.45, 2.75) is 56.9 Å². The molecule has 1 unspecified atom stereocenters. The van der Waals surface area contributed by atoms with Crippen molar-refractivity contribution in [1.82, 2.24) is 28.6 Å². The van der Waals surface area contributed by atoms with Gasteiger partial charge in [0.2, 0.25) is 0 Å². The molecule has 0 saturated carbocycles. The number of benzene rings is 4. The summed E-state index contributed by atoms with van der Waals surface area (Å²) in [5, 5.41) is 15.6. The summed E-state index contributed by atoms with van der Waals surface area (Å²) in [6.45, 7) is 3.67. The lowest BCUT2D eigenvalue weighted by atomic mass is 9.87. The number of nitrogens with zero attached hydrogens (tertiary/aromatic N) is 7. The lowest BCUT2D eigenvalue weighted by molar-refractivity contribution is 0.149. The first-order chi connectivity index (χ1) is 33.3. The molecule has 3 atom stereocenters. The summed E-state index contributed by atoms with van der Waals surface area (Å²) in [5.41, 5.74) is 9.38. The van der Waals surface area contributed by atoms with E-state index in [0.717, 1.165) is 87.9 Å². The van der Waals surface area contributed by atoms with Gasteiger partial charge in [-0.25, -0.2) is 19.6 Å². The molecule has 2 N–H and O–H groups in total. The van der Waals surface area contributed by atoms with Gasteiger partial charge in [0.25, 0.3) is 0 Å². The van der Waals surface area contributed by atoms with Crippen LogP contribution in [0.15, 0.2) is 140 Å². The van der Waals surface area contributed by atoms with Crippen LogP contribution in [0.4, 0.5) is 21.0 Å². The fourth-order valence-electron chi connectivity index (χ4n) is 10.0. The highest BCUT2D eigenvalue weighted by atomic mass is 16.5. The minimum atomic E-state index is -0.301. The first-order valence-corrected chi connectivity index (χ1v) is 23.3. The summed E-state index contributed by atoms with van der Waals surface area (Å²) in [6.07, 6.45) is 8.16. The third-order valence-electron chi connectivity index (χ3n) is 13.5. The minimum absolute atomic E-state index is 0.0102. The number of hydrogen-bond acceptors (Lipinski definition) is 7. The Morgan fingerprint density at radius 3 is 2.07 bits per heavy atom. The van der Waals surface area contributed by atoms with Gasteiger partial charge in [-0.2, -0.15) is 5.26 Å². The SMILES string of the molecule is CCc1ccc(NC(=O)N2C[C@H](c3nc(-c4cccc(OC)c4)c4ccccn34)CCC2c2ccc(-c3nc([C@@H]4CCCN(C(=O)Nc5cccc(C#N)c5)C4)n4ccccc34)cc2OC)cc1. The Hall–Kier alpha value is -8.11. The van der Waals surface area contributed by atoms with Crippen molar-refractivity contribution in [1.29, 1.82) is 5.26 Å². The van der Waals surface area contributed by atoms with Gasteiger partial charge in [0.15, 0.2) is 0 Å². The van der Waals surface area contributed by atoms with Gasteiger partial charge in [-0.15, -0.1) is 0 Å². The van der Waals surface area contributed by atoms with E-state index in [1.165, 1.54) is 5.56 Å². The van der Waals surface area contributed by atoms with Crippen LogP contribution in [0.1, 0.15) is 78.8 Å². The quantitative estimate of drug-likeness (QED) is 0.139. The van der Waals surface area contributed by atoms with Crippen LogP contribution in [0.25, 0.3) is 33.5 Å². The fraction of sp³-hybridized carbons (Fsp3) is 0.255. The van der Waals surface area contributed by atoms with Crippen molar-refractivity contribution < 1.29 is 19.1 Å². The van der Waals surface area contributed by atoms with E-state index in [1.54, 1.807) is 38.5 Å². The number of urea groups is 2. The summed E-state index contributed by atoms with van der Waals surface area (Å²) < 4.78 is 16.1. The average Bonchev–Trinajstić information content (AvgIpc) is 3.98. The number of hydrogen-bond donors (Lipinski definition) is 2. The van der Waals surface area contributed by atoms with Crippen molar-refractivity contribution in [2.75, 3.05) is 44.5 Å². The van der Waals surface area contributed by atoms with Crippen LogP contribution in [-0.2, 0) is 6.42 Å². The van der Waals surface area contributed by atoms with E-state index < -0.39 is 0 Å². The number of aryl methyl sites for hydroxylation is 1. The van der Waals surface area contributed by atoms with E-state index in [9.17, 15) is 14.9 Å². The number of ether oxygens (including phenoxy) is 2. The normalized spacial score (nSPS) is 17.2. The van der Waals surface area contributed by atoms with Gasteiger partial charge in [0.1, 0.15) is 23.1 Å². The Bertz CT molecular complexity index is 3190. The topological polar surface area (TPSA) is 142 Å². The molecule has 68 heavy (non-hydrogen) atoms. The van der Waals surface area contributed by atoms with Gasteiger partial charge in [-0.05, 0) is 110 Å². The molecule has 342 valence electrons. The summed E-state index contributed by atoms with van der Waals surface area (Å²) in [4.78, 5) is 42.6. The van der Waals surface area contributed by atoms with Crippen LogP contribution in [-0.4, -0.2) is 74.5 Å². The number of piperidine rings is 2. The van der Waals surface area contributed by atoms with Crippen molar-refractivity contribution >= 4 is 34.5 Å². The molecule has 8 aromatic rings. The maximum atomic E-state index is 14.7. The molecular formula is C55H53N9O4. The van der Waals surface area contributed by atoms with Crippen LogP contribution in [0.5, 0.6) is 11.5 Å². The molecule has 6 heterocycles. The second-order valence-corrected chi connectivity index (χ2v) is 17.6. The second kappa shape index (κ2) is 19.0. The maximum absolute atomic E-state index is 14.7. The van der Waals surface area contributed by atoms with Crippen LogP contribution < -0.4 is 20.1 Å². The monoisotopic (exact) mass is 903 g/mol. The van der Waals surface area contributed by atoms with Crippen molar-refractivity contribution in [2.24, 2.45) is 0 Å². The Morgan fingerprint density at radius 1 is 0.691 bits per heavy atom. The Kier molecular flexibility index (Phi) is 12.2. The highest BCUT2D eigenvalue weighted by molar-refractivity contribution is 5.91. The molecule has 0 spiro atoms. The lowest BCUT2D eigenvalue weighted by Crippen LogP contribution is -2.44. The first kappa shape index (κ1) is 43.8. The fourth-order valence-corrected chi connectivity index (χ4v) is 10.0. The second-order valence-electron chi connectivity index (χ2n) is 17.6. The van der Waals surface area contributed by atoms with E-state index >= 15 is 0 Å². The van der Waals surface area contributed by atoms with Gasteiger partial charge >= 0.3 is 12.1 Å². The predicted octanol–water partition coefficient (Wildman–Crippen LogP) is 11.3. The van der Waals surface area contributed by atoms with Crippen molar-refractivity contribution in [3.63, 3.8) is 0 Å². The van der Waals surface area contributed by atoms with Crippen LogP contribution >= 0.6 is 0 Å². The molecular weight excluding hydrogens is 851 g/mol. The average molecular weight is 904 g/mol. The number of carbonyl (C=O) groups is 2. The van der Waals surface area contributed by atoms with Gasteiger partial charge in [-0.3, -0.25) is 0 Å². The molecule has 2 aliphatic rings. The number of fused-ring (bicyclic) bond motifs is 2. The van der Waals surface area contributed by atoms with Gasteiger partial charge in [0.05, 0.1) is 54.3 Å². The van der Waals surface area contributed by atoms with E-state index in [2.05, 4.69) is 81.1 Å². The molecule has 10 rings (SSSR count). The number of likely N-dealkylation sites (tertiary alicyclic amines) is 2. The van der Waals surface area contributed by atoms with Crippen LogP contribution in [0.2, 0.25) is 0 Å². The molecule has 2 fully saturated rings. The molecule has 4 amide bonds. The molecule has 0 radical (unpaired) electrons.